The number of anilines is 1. The molecule has 1 aromatic heterocycles. The zero-order valence-electron chi connectivity index (χ0n) is 15.6. The summed E-state index contributed by atoms with van der Waals surface area (Å²) in [6.07, 6.45) is 0.348. The Balaban J connectivity index is 1.63. The number of nitrogens with zero attached hydrogens (tertiary/aromatic N) is 1. The van der Waals surface area contributed by atoms with E-state index in [4.69, 9.17) is 5.73 Å². The highest BCUT2D eigenvalue weighted by Crippen LogP contribution is 2.36. The van der Waals surface area contributed by atoms with Crippen molar-refractivity contribution in [1.82, 2.24) is 4.98 Å². The molecule has 2 aromatic carbocycles. The lowest BCUT2D eigenvalue weighted by atomic mass is 9.90. The molecule has 0 saturated heterocycles. The van der Waals surface area contributed by atoms with Gasteiger partial charge in [0.1, 0.15) is 0 Å². The van der Waals surface area contributed by atoms with Crippen LogP contribution in [-0.4, -0.2) is 4.98 Å². The van der Waals surface area contributed by atoms with Crippen molar-refractivity contribution in [3.05, 3.63) is 68.5 Å². The molecule has 2 nitrogen and oxygen atoms in total. The Morgan fingerprint density at radius 2 is 1.82 bits per heavy atom. The van der Waals surface area contributed by atoms with E-state index in [0.29, 0.717) is 10.6 Å². The summed E-state index contributed by atoms with van der Waals surface area (Å²) in [5, 5.41) is 2.60. The van der Waals surface area contributed by atoms with E-state index in [2.05, 4.69) is 23.2 Å². The Kier molecular flexibility index (Phi) is 4.91. The number of thiazole rings is 1. The topological polar surface area (TPSA) is 38.9 Å². The van der Waals surface area contributed by atoms with Crippen LogP contribution < -0.4 is 5.73 Å². The van der Waals surface area contributed by atoms with Gasteiger partial charge in [-0.05, 0) is 67.0 Å². The van der Waals surface area contributed by atoms with Crippen molar-refractivity contribution in [3.63, 3.8) is 0 Å². The van der Waals surface area contributed by atoms with E-state index in [9.17, 15) is 13.2 Å². The van der Waals surface area contributed by atoms with Crippen molar-refractivity contribution < 1.29 is 13.2 Å². The van der Waals surface area contributed by atoms with Crippen LogP contribution in [0.15, 0.2) is 35.7 Å². The monoisotopic (exact) mass is 402 g/mol. The third-order valence-electron chi connectivity index (χ3n) is 5.33. The van der Waals surface area contributed by atoms with Gasteiger partial charge in [0.05, 0.1) is 16.3 Å². The molecule has 2 N–H and O–H groups in total. The van der Waals surface area contributed by atoms with Gasteiger partial charge in [-0.3, -0.25) is 0 Å². The second kappa shape index (κ2) is 7.24. The number of halogens is 3. The van der Waals surface area contributed by atoms with Crippen molar-refractivity contribution >= 4 is 17.0 Å². The summed E-state index contributed by atoms with van der Waals surface area (Å²) >= 11 is 1.40. The zero-order chi connectivity index (χ0) is 19.9. The number of hydrogen-bond donors (Lipinski definition) is 1. The summed E-state index contributed by atoms with van der Waals surface area (Å²) in [7, 11) is 0. The number of hydrogen-bond acceptors (Lipinski definition) is 3. The van der Waals surface area contributed by atoms with Crippen LogP contribution in [0.3, 0.4) is 0 Å². The molecule has 28 heavy (non-hydrogen) atoms. The number of rotatable bonds is 3. The Bertz CT molecular complexity index is 1020. The van der Waals surface area contributed by atoms with Gasteiger partial charge in [0.2, 0.25) is 0 Å². The van der Waals surface area contributed by atoms with Crippen molar-refractivity contribution in [2.75, 3.05) is 5.73 Å². The van der Waals surface area contributed by atoms with Crippen LogP contribution in [0.4, 0.5) is 18.9 Å². The molecule has 1 heterocycles. The predicted octanol–water partition coefficient (Wildman–Crippen LogP) is 6.19. The zero-order valence-corrected chi connectivity index (χ0v) is 16.4. The number of aromatic nitrogens is 1. The lowest BCUT2D eigenvalue weighted by Gasteiger charge is -2.16. The van der Waals surface area contributed by atoms with Crippen LogP contribution in [0.5, 0.6) is 0 Å². The number of benzene rings is 2. The summed E-state index contributed by atoms with van der Waals surface area (Å²) in [6.45, 7) is 1.72. The minimum Gasteiger partial charge on any atom is -0.399 e. The van der Waals surface area contributed by atoms with Crippen molar-refractivity contribution in [3.8, 4) is 11.3 Å². The Hall–Kier alpha value is -2.34. The molecule has 0 unspecified atom stereocenters. The van der Waals surface area contributed by atoms with Crippen molar-refractivity contribution in [2.24, 2.45) is 0 Å². The molecular weight excluding hydrogens is 381 g/mol. The average Bonchev–Trinajstić information content (AvgIpc) is 3.12. The Morgan fingerprint density at radius 1 is 1.07 bits per heavy atom. The van der Waals surface area contributed by atoms with Gasteiger partial charge in [0.25, 0.3) is 0 Å². The normalized spacial score (nSPS) is 14.1. The molecule has 0 fully saturated rings. The van der Waals surface area contributed by atoms with E-state index in [1.54, 1.807) is 6.92 Å². The SMILES string of the molecule is Cc1cc(Cc2nc(-c3ccc4c(c3)CCCC4)cs2)c(C(F)(F)F)cc1N. The van der Waals surface area contributed by atoms with Crippen LogP contribution in [-0.2, 0) is 25.4 Å². The predicted molar refractivity (Wildman–Crippen MR) is 108 cm³/mol. The highest BCUT2D eigenvalue weighted by Gasteiger charge is 2.34. The van der Waals surface area contributed by atoms with Crippen LogP contribution in [0.25, 0.3) is 11.3 Å². The highest BCUT2D eigenvalue weighted by atomic mass is 32.1. The molecule has 0 aliphatic heterocycles. The molecular formula is C22H21F3N2S. The molecule has 0 amide bonds. The van der Waals surface area contributed by atoms with Gasteiger partial charge in [-0.15, -0.1) is 11.3 Å². The largest absolute Gasteiger partial charge is 0.416 e. The molecule has 0 spiro atoms. The van der Waals surface area contributed by atoms with Crippen LogP contribution in [0.1, 0.15) is 45.7 Å². The summed E-state index contributed by atoms with van der Waals surface area (Å²) in [4.78, 5) is 4.62. The molecule has 1 aliphatic carbocycles. The second-order valence-electron chi connectivity index (χ2n) is 7.36. The number of aryl methyl sites for hydroxylation is 3. The summed E-state index contributed by atoms with van der Waals surface area (Å²) in [5.41, 5.74) is 10.7. The first kappa shape index (κ1) is 19.0. The van der Waals surface area contributed by atoms with Gasteiger partial charge in [0, 0.05) is 23.1 Å². The number of nitrogen functional groups attached to an aromatic ring is 1. The fourth-order valence-electron chi connectivity index (χ4n) is 3.77. The summed E-state index contributed by atoms with van der Waals surface area (Å²) in [6, 6.07) is 8.97. The number of alkyl halides is 3. The highest BCUT2D eigenvalue weighted by molar-refractivity contribution is 7.10. The van der Waals surface area contributed by atoms with Crippen molar-refractivity contribution in [1.29, 1.82) is 0 Å². The average molecular weight is 402 g/mol. The van der Waals surface area contributed by atoms with Gasteiger partial charge in [-0.1, -0.05) is 18.2 Å². The number of fused-ring (bicyclic) bond motifs is 1. The molecule has 146 valence electrons. The maximum absolute atomic E-state index is 13.4. The smallest absolute Gasteiger partial charge is 0.399 e. The lowest BCUT2D eigenvalue weighted by molar-refractivity contribution is -0.138. The molecule has 1 aliphatic rings. The fourth-order valence-corrected chi connectivity index (χ4v) is 4.60. The molecule has 3 aromatic rings. The van der Waals surface area contributed by atoms with Crippen LogP contribution >= 0.6 is 11.3 Å². The first-order chi connectivity index (χ1) is 13.3. The van der Waals surface area contributed by atoms with Gasteiger partial charge in [0.15, 0.2) is 0 Å². The van der Waals surface area contributed by atoms with E-state index in [0.717, 1.165) is 30.2 Å². The molecule has 0 radical (unpaired) electrons. The fraction of sp³-hybridized carbons (Fsp3) is 0.318. The molecule has 0 atom stereocenters. The van der Waals surface area contributed by atoms with Crippen LogP contribution in [0, 0.1) is 6.92 Å². The first-order valence-corrected chi connectivity index (χ1v) is 10.2. The molecule has 0 bridgehead atoms. The third-order valence-corrected chi connectivity index (χ3v) is 6.18. The maximum atomic E-state index is 13.4. The maximum Gasteiger partial charge on any atom is 0.416 e. The lowest BCUT2D eigenvalue weighted by Crippen LogP contribution is -2.11. The second-order valence-corrected chi connectivity index (χ2v) is 8.30. The van der Waals surface area contributed by atoms with E-state index >= 15 is 0 Å². The molecule has 6 heteroatoms. The standard InChI is InChI=1S/C22H21F3N2S/c1-13-8-17(18(11-19(13)26)22(23,24)25)10-21-27-20(12-28-21)16-7-6-14-4-2-3-5-15(14)9-16/h6-9,11-12H,2-5,10,26H2,1H3. The van der Waals surface area contributed by atoms with Crippen molar-refractivity contribution in [2.45, 2.75) is 45.2 Å². The Labute approximate surface area is 166 Å². The van der Waals surface area contributed by atoms with Gasteiger partial charge < -0.3 is 5.73 Å². The summed E-state index contributed by atoms with van der Waals surface area (Å²) in [5.74, 6) is 0. The van der Waals surface area contributed by atoms with E-state index in [1.165, 1.54) is 41.4 Å². The quantitative estimate of drug-likeness (QED) is 0.531. The van der Waals surface area contributed by atoms with E-state index in [-0.39, 0.29) is 17.7 Å². The third kappa shape index (κ3) is 3.78. The van der Waals surface area contributed by atoms with Gasteiger partial charge in [-0.2, -0.15) is 13.2 Å². The first-order valence-electron chi connectivity index (χ1n) is 9.34. The van der Waals surface area contributed by atoms with Crippen LogP contribution in [0.2, 0.25) is 0 Å². The van der Waals surface area contributed by atoms with E-state index < -0.39 is 11.7 Å². The minimum absolute atomic E-state index is 0.144. The Morgan fingerprint density at radius 3 is 2.57 bits per heavy atom. The summed E-state index contributed by atoms with van der Waals surface area (Å²) < 4.78 is 40.3. The van der Waals surface area contributed by atoms with Gasteiger partial charge in [-0.25, -0.2) is 4.98 Å². The van der Waals surface area contributed by atoms with Gasteiger partial charge >= 0.3 is 6.18 Å². The minimum atomic E-state index is -4.43. The molecule has 0 saturated carbocycles. The number of nitrogens with two attached hydrogens (primary N) is 1. The molecule has 4 rings (SSSR count). The van der Waals surface area contributed by atoms with E-state index in [1.807, 2.05) is 5.38 Å².